The number of non-ortho nitro benzene ring substituents is 1. The summed E-state index contributed by atoms with van der Waals surface area (Å²) in [6.07, 6.45) is 3.64. The molecule has 1 saturated heterocycles. The molecule has 2 aromatic rings. The second kappa shape index (κ2) is 12.1. The number of sulfonamides is 2. The molecule has 0 radical (unpaired) electrons. The lowest BCUT2D eigenvalue weighted by Gasteiger charge is -2.29. The quantitative estimate of drug-likeness (QED) is 0.246. The molecule has 2 aromatic carbocycles. The molecule has 1 N–H and O–H groups in total. The largest absolute Gasteiger partial charge is 0.492 e. The van der Waals surface area contributed by atoms with E-state index in [1.807, 2.05) is 0 Å². The molecule has 0 saturated carbocycles. The number of carbonyl (C=O) groups is 1. The lowest BCUT2D eigenvalue weighted by atomic mass is 10.1. The predicted molar refractivity (Wildman–Crippen MR) is 142 cm³/mol. The number of aryl methyl sites for hydroxylation is 1. The van der Waals surface area contributed by atoms with Crippen LogP contribution in [0.15, 0.2) is 47.4 Å². The van der Waals surface area contributed by atoms with Gasteiger partial charge in [0.2, 0.25) is 26.0 Å². The van der Waals surface area contributed by atoms with Gasteiger partial charge in [-0.05, 0) is 56.5 Å². The third-order valence-corrected chi connectivity index (χ3v) is 9.32. The van der Waals surface area contributed by atoms with E-state index in [4.69, 9.17) is 4.74 Å². The van der Waals surface area contributed by atoms with Gasteiger partial charge in [-0.3, -0.25) is 19.2 Å². The first-order valence-corrected chi connectivity index (χ1v) is 15.4. The van der Waals surface area contributed by atoms with E-state index in [1.54, 1.807) is 6.92 Å². The molecule has 1 aliphatic heterocycles. The molecule has 0 aromatic heterocycles. The Morgan fingerprint density at radius 1 is 1.11 bits per heavy atom. The second-order valence-corrected chi connectivity index (χ2v) is 12.8. The van der Waals surface area contributed by atoms with Crippen molar-refractivity contribution in [2.45, 2.75) is 44.0 Å². The van der Waals surface area contributed by atoms with E-state index in [0.717, 1.165) is 35.9 Å². The van der Waals surface area contributed by atoms with Crippen molar-refractivity contribution in [1.82, 2.24) is 9.62 Å². The van der Waals surface area contributed by atoms with E-state index in [-0.39, 0.29) is 29.4 Å². The summed E-state index contributed by atoms with van der Waals surface area (Å²) >= 11 is 0. The Balaban J connectivity index is 1.60. The number of hydrogen-bond acceptors (Lipinski definition) is 8. The van der Waals surface area contributed by atoms with E-state index in [2.05, 4.69) is 5.32 Å². The van der Waals surface area contributed by atoms with Crippen LogP contribution in [0.4, 0.5) is 11.4 Å². The zero-order valence-electron chi connectivity index (χ0n) is 21.5. The molecule has 1 amide bonds. The zero-order chi connectivity index (χ0) is 28.1. The Kier molecular flexibility index (Phi) is 9.33. The fraction of sp³-hybridized carbons (Fsp3) is 0.458. The molecule has 1 heterocycles. The average molecular weight is 569 g/mol. The number of anilines is 1. The van der Waals surface area contributed by atoms with Gasteiger partial charge < -0.3 is 10.1 Å². The Morgan fingerprint density at radius 3 is 2.32 bits per heavy atom. The number of rotatable bonds is 11. The van der Waals surface area contributed by atoms with Gasteiger partial charge in [0.25, 0.3) is 5.69 Å². The van der Waals surface area contributed by atoms with E-state index in [1.165, 1.54) is 47.6 Å². The van der Waals surface area contributed by atoms with Crippen molar-refractivity contribution in [3.8, 4) is 5.75 Å². The fourth-order valence-corrected chi connectivity index (χ4v) is 6.92. The fourth-order valence-electron chi connectivity index (χ4n) is 4.18. The van der Waals surface area contributed by atoms with Gasteiger partial charge in [0.1, 0.15) is 18.4 Å². The van der Waals surface area contributed by atoms with Crippen LogP contribution in [-0.2, 0) is 24.8 Å². The highest BCUT2D eigenvalue weighted by Gasteiger charge is 2.31. The van der Waals surface area contributed by atoms with Crippen LogP contribution in [0.3, 0.4) is 0 Å². The number of benzene rings is 2. The minimum atomic E-state index is -3.96. The Labute approximate surface area is 222 Å². The van der Waals surface area contributed by atoms with Crippen molar-refractivity contribution in [1.29, 1.82) is 0 Å². The van der Waals surface area contributed by atoms with Gasteiger partial charge in [-0.25, -0.2) is 16.8 Å². The predicted octanol–water partition coefficient (Wildman–Crippen LogP) is 2.43. The first-order valence-electron chi connectivity index (χ1n) is 12.1. The van der Waals surface area contributed by atoms with Crippen molar-refractivity contribution in [2.24, 2.45) is 0 Å². The number of nitro groups is 1. The van der Waals surface area contributed by atoms with Crippen LogP contribution < -0.4 is 14.4 Å². The van der Waals surface area contributed by atoms with Gasteiger partial charge in [-0.2, -0.15) is 4.31 Å². The molecular formula is C24H32N4O8S2. The highest BCUT2D eigenvalue weighted by Crippen LogP contribution is 2.29. The van der Waals surface area contributed by atoms with Crippen molar-refractivity contribution in [3.63, 3.8) is 0 Å². The Bertz CT molecular complexity index is 1370. The first kappa shape index (κ1) is 29.3. The van der Waals surface area contributed by atoms with Gasteiger partial charge >= 0.3 is 0 Å². The van der Waals surface area contributed by atoms with Crippen molar-refractivity contribution >= 4 is 37.3 Å². The van der Waals surface area contributed by atoms with E-state index in [9.17, 15) is 31.7 Å². The Morgan fingerprint density at radius 2 is 1.74 bits per heavy atom. The molecule has 38 heavy (non-hydrogen) atoms. The molecule has 1 atom stereocenters. The van der Waals surface area contributed by atoms with Gasteiger partial charge in [0, 0.05) is 25.2 Å². The SMILES string of the molecule is Cc1ccc([N+](=O)[O-])cc1N([C@H](C)C(=O)NCCOc1ccc(S(=O)(=O)N2CCCCC2)cc1)S(C)(=O)=O. The number of carbonyl (C=O) groups excluding carboxylic acids is 1. The minimum Gasteiger partial charge on any atom is -0.492 e. The highest BCUT2D eigenvalue weighted by atomic mass is 32.2. The Hall–Kier alpha value is -3.23. The van der Waals surface area contributed by atoms with Crippen LogP contribution in [0.5, 0.6) is 5.75 Å². The molecule has 14 heteroatoms. The zero-order valence-corrected chi connectivity index (χ0v) is 23.1. The number of piperidine rings is 1. The first-order chi connectivity index (χ1) is 17.8. The number of nitrogens with one attached hydrogen (secondary N) is 1. The summed E-state index contributed by atoms with van der Waals surface area (Å²) in [5, 5.41) is 13.8. The summed E-state index contributed by atoms with van der Waals surface area (Å²) in [4.78, 5) is 23.5. The van der Waals surface area contributed by atoms with Gasteiger partial charge in [0.05, 0.1) is 28.3 Å². The normalized spacial score (nSPS) is 15.4. The lowest BCUT2D eigenvalue weighted by Crippen LogP contribution is -2.48. The summed E-state index contributed by atoms with van der Waals surface area (Å²) < 4.78 is 58.5. The number of amides is 1. The smallest absolute Gasteiger partial charge is 0.271 e. The highest BCUT2D eigenvalue weighted by molar-refractivity contribution is 7.92. The van der Waals surface area contributed by atoms with Crippen LogP contribution in [0.2, 0.25) is 0 Å². The average Bonchev–Trinajstić information content (AvgIpc) is 2.87. The maximum absolute atomic E-state index is 12.8. The molecule has 0 unspecified atom stereocenters. The van der Waals surface area contributed by atoms with E-state index >= 15 is 0 Å². The van der Waals surface area contributed by atoms with Crippen molar-refractivity contribution in [2.75, 3.05) is 36.8 Å². The summed E-state index contributed by atoms with van der Waals surface area (Å²) in [5.41, 5.74) is 0.199. The minimum absolute atomic E-state index is 0.0418. The number of ether oxygens (including phenoxy) is 1. The van der Waals surface area contributed by atoms with E-state index in [0.29, 0.717) is 24.4 Å². The molecule has 0 aliphatic carbocycles. The van der Waals surface area contributed by atoms with Crippen LogP contribution >= 0.6 is 0 Å². The summed E-state index contributed by atoms with van der Waals surface area (Å²) in [5.74, 6) is -0.206. The van der Waals surface area contributed by atoms with Gasteiger partial charge in [-0.15, -0.1) is 0 Å². The molecule has 0 bridgehead atoms. The maximum atomic E-state index is 12.8. The summed E-state index contributed by atoms with van der Waals surface area (Å²) in [6.45, 7) is 4.09. The van der Waals surface area contributed by atoms with Crippen molar-refractivity contribution in [3.05, 3.63) is 58.1 Å². The summed E-state index contributed by atoms with van der Waals surface area (Å²) in [6, 6.07) is 8.65. The molecule has 3 rings (SSSR count). The molecule has 208 valence electrons. The molecule has 12 nitrogen and oxygen atoms in total. The van der Waals surface area contributed by atoms with E-state index < -0.39 is 36.9 Å². The third kappa shape index (κ3) is 6.99. The lowest BCUT2D eigenvalue weighted by molar-refractivity contribution is -0.384. The molecule has 1 aliphatic rings. The van der Waals surface area contributed by atoms with Gasteiger partial charge in [-0.1, -0.05) is 12.5 Å². The molecule has 1 fully saturated rings. The molecular weight excluding hydrogens is 536 g/mol. The second-order valence-electron chi connectivity index (χ2n) is 9.04. The van der Waals surface area contributed by atoms with Crippen LogP contribution in [0.1, 0.15) is 31.7 Å². The third-order valence-electron chi connectivity index (χ3n) is 6.18. The van der Waals surface area contributed by atoms with Crippen LogP contribution in [0, 0.1) is 17.0 Å². The van der Waals surface area contributed by atoms with Crippen LogP contribution in [0.25, 0.3) is 0 Å². The topological polar surface area (TPSA) is 156 Å². The monoisotopic (exact) mass is 568 g/mol. The molecule has 0 spiro atoms. The van der Waals surface area contributed by atoms with Crippen molar-refractivity contribution < 1.29 is 31.3 Å². The number of hydrogen-bond donors (Lipinski definition) is 1. The van der Waals surface area contributed by atoms with Gasteiger partial charge in [0.15, 0.2) is 0 Å². The number of nitro benzene ring substituents is 1. The summed E-state index contributed by atoms with van der Waals surface area (Å²) in [7, 11) is -7.51. The maximum Gasteiger partial charge on any atom is 0.271 e. The number of nitrogens with zero attached hydrogens (tertiary/aromatic N) is 3. The van der Waals surface area contributed by atoms with Crippen LogP contribution in [-0.4, -0.2) is 70.5 Å². The standard InChI is InChI=1S/C24H32N4O8S2/c1-18-7-8-20(28(30)31)17-23(18)27(37(3,32)33)19(2)24(29)25-13-16-36-21-9-11-22(12-10-21)38(34,35)26-14-5-4-6-15-26/h7-12,17,19H,4-6,13-16H2,1-3H3,(H,25,29)/t19-/m1/s1.